The molecule has 1 aromatic heterocycles. The Morgan fingerprint density at radius 3 is 3.14 bits per heavy atom. The Hall–Kier alpha value is -2.28. The molecule has 1 atom stereocenters. The van der Waals surface area contributed by atoms with E-state index in [-0.39, 0.29) is 5.91 Å². The van der Waals surface area contributed by atoms with Crippen LogP contribution in [0.1, 0.15) is 18.4 Å². The lowest BCUT2D eigenvalue weighted by molar-refractivity contribution is -0.116. The van der Waals surface area contributed by atoms with Crippen LogP contribution in [0.5, 0.6) is 0 Å². The van der Waals surface area contributed by atoms with E-state index in [9.17, 15) is 4.79 Å². The zero-order valence-corrected chi connectivity index (χ0v) is 11.9. The standard InChI is InChI=1S/C14H18N6O/c1-10-2-3-12(7-13(10)20-9-16-18-19-20)17-14(21)6-11-4-5-15-8-11/h2-3,7,9,11,15H,4-6,8H2,1H3,(H,17,21). The summed E-state index contributed by atoms with van der Waals surface area (Å²) in [6.07, 6.45) is 3.16. The van der Waals surface area contributed by atoms with Crippen molar-refractivity contribution in [2.75, 3.05) is 18.4 Å². The molecule has 1 aliphatic rings. The fourth-order valence-corrected chi connectivity index (χ4v) is 2.57. The molecule has 1 fully saturated rings. The summed E-state index contributed by atoms with van der Waals surface area (Å²) in [5.74, 6) is 0.490. The van der Waals surface area contributed by atoms with E-state index in [0.29, 0.717) is 12.3 Å². The molecule has 7 heteroatoms. The largest absolute Gasteiger partial charge is 0.326 e. The topological polar surface area (TPSA) is 84.7 Å². The van der Waals surface area contributed by atoms with Crippen LogP contribution in [-0.4, -0.2) is 39.2 Å². The Labute approximate surface area is 122 Å². The average molecular weight is 286 g/mol. The van der Waals surface area contributed by atoms with E-state index in [1.54, 1.807) is 4.68 Å². The molecule has 0 spiro atoms. The molecule has 0 aliphatic carbocycles. The third kappa shape index (κ3) is 3.25. The van der Waals surface area contributed by atoms with Gasteiger partial charge in [-0.25, -0.2) is 4.68 Å². The van der Waals surface area contributed by atoms with Gasteiger partial charge in [-0.3, -0.25) is 4.79 Å². The number of aromatic nitrogens is 4. The number of rotatable bonds is 4. The third-order valence-electron chi connectivity index (χ3n) is 3.73. The number of hydrogen-bond acceptors (Lipinski definition) is 5. The molecule has 3 rings (SSSR count). The number of hydrogen-bond donors (Lipinski definition) is 2. The molecule has 1 aromatic carbocycles. The summed E-state index contributed by atoms with van der Waals surface area (Å²) in [7, 11) is 0. The third-order valence-corrected chi connectivity index (χ3v) is 3.73. The van der Waals surface area contributed by atoms with Gasteiger partial charge in [-0.1, -0.05) is 6.07 Å². The highest BCUT2D eigenvalue weighted by Crippen LogP contribution is 2.19. The predicted molar refractivity (Wildman–Crippen MR) is 78.1 cm³/mol. The second kappa shape index (κ2) is 6.01. The monoisotopic (exact) mass is 286 g/mol. The van der Waals surface area contributed by atoms with Gasteiger partial charge in [0, 0.05) is 12.1 Å². The van der Waals surface area contributed by atoms with Crippen molar-refractivity contribution in [2.45, 2.75) is 19.8 Å². The van der Waals surface area contributed by atoms with Crippen LogP contribution in [0, 0.1) is 12.8 Å². The number of aryl methyl sites for hydroxylation is 1. The van der Waals surface area contributed by atoms with E-state index in [1.165, 1.54) is 6.33 Å². The first kappa shape index (κ1) is 13.7. The highest BCUT2D eigenvalue weighted by Gasteiger charge is 2.18. The van der Waals surface area contributed by atoms with Crippen molar-refractivity contribution < 1.29 is 4.79 Å². The van der Waals surface area contributed by atoms with Gasteiger partial charge in [-0.2, -0.15) is 0 Å². The van der Waals surface area contributed by atoms with Gasteiger partial charge in [-0.05, 0) is 60.5 Å². The van der Waals surface area contributed by atoms with Crippen LogP contribution in [0.3, 0.4) is 0 Å². The van der Waals surface area contributed by atoms with Crippen LogP contribution in [-0.2, 0) is 4.79 Å². The molecule has 1 amide bonds. The van der Waals surface area contributed by atoms with Crippen molar-refractivity contribution in [1.82, 2.24) is 25.5 Å². The van der Waals surface area contributed by atoms with Crippen molar-refractivity contribution in [2.24, 2.45) is 5.92 Å². The molecule has 0 saturated carbocycles. The van der Waals surface area contributed by atoms with Gasteiger partial charge in [0.2, 0.25) is 5.91 Å². The molecule has 1 aliphatic heterocycles. The van der Waals surface area contributed by atoms with E-state index < -0.39 is 0 Å². The number of tetrazole rings is 1. The number of nitrogens with zero attached hydrogens (tertiary/aromatic N) is 4. The minimum Gasteiger partial charge on any atom is -0.326 e. The zero-order chi connectivity index (χ0) is 14.7. The molecule has 2 aromatic rings. The lowest BCUT2D eigenvalue weighted by Gasteiger charge is -2.11. The van der Waals surface area contributed by atoms with Gasteiger partial charge >= 0.3 is 0 Å². The fourth-order valence-electron chi connectivity index (χ4n) is 2.57. The van der Waals surface area contributed by atoms with Gasteiger partial charge in [0.1, 0.15) is 6.33 Å². The first-order valence-corrected chi connectivity index (χ1v) is 7.07. The van der Waals surface area contributed by atoms with E-state index in [2.05, 4.69) is 26.2 Å². The number of amides is 1. The van der Waals surface area contributed by atoms with Gasteiger partial charge in [-0.15, -0.1) is 5.10 Å². The van der Waals surface area contributed by atoms with E-state index in [1.807, 2.05) is 25.1 Å². The molecule has 2 heterocycles. The van der Waals surface area contributed by atoms with Crippen LogP contribution in [0.2, 0.25) is 0 Å². The van der Waals surface area contributed by atoms with Crippen molar-refractivity contribution in [3.8, 4) is 5.69 Å². The van der Waals surface area contributed by atoms with Gasteiger partial charge in [0.25, 0.3) is 0 Å². The summed E-state index contributed by atoms with van der Waals surface area (Å²) in [5, 5.41) is 17.4. The summed E-state index contributed by atoms with van der Waals surface area (Å²) in [6.45, 7) is 3.91. The van der Waals surface area contributed by atoms with E-state index in [0.717, 1.165) is 36.4 Å². The molecule has 110 valence electrons. The lowest BCUT2D eigenvalue weighted by Crippen LogP contribution is -2.18. The maximum atomic E-state index is 12.1. The zero-order valence-electron chi connectivity index (χ0n) is 11.9. The van der Waals surface area contributed by atoms with Gasteiger partial charge in [0.05, 0.1) is 5.69 Å². The fraction of sp³-hybridized carbons (Fsp3) is 0.429. The minimum absolute atomic E-state index is 0.0511. The van der Waals surface area contributed by atoms with Crippen LogP contribution in [0.4, 0.5) is 5.69 Å². The SMILES string of the molecule is Cc1ccc(NC(=O)CC2CCNC2)cc1-n1cnnn1. The van der Waals surface area contributed by atoms with Crippen LogP contribution < -0.4 is 10.6 Å². The normalized spacial score (nSPS) is 17.9. The molecule has 1 saturated heterocycles. The van der Waals surface area contributed by atoms with Crippen LogP contribution >= 0.6 is 0 Å². The summed E-state index contributed by atoms with van der Waals surface area (Å²) in [5.41, 5.74) is 2.67. The van der Waals surface area contributed by atoms with E-state index in [4.69, 9.17) is 0 Å². The number of anilines is 1. The van der Waals surface area contributed by atoms with E-state index >= 15 is 0 Å². The first-order valence-electron chi connectivity index (χ1n) is 7.07. The predicted octanol–water partition coefficient (Wildman–Crippen LogP) is 0.909. The molecule has 7 nitrogen and oxygen atoms in total. The Bertz CT molecular complexity index is 618. The van der Waals surface area contributed by atoms with Crippen molar-refractivity contribution in [3.05, 3.63) is 30.1 Å². The molecule has 21 heavy (non-hydrogen) atoms. The first-order chi connectivity index (χ1) is 10.2. The summed E-state index contributed by atoms with van der Waals surface area (Å²) < 4.78 is 1.59. The molecule has 0 bridgehead atoms. The lowest BCUT2D eigenvalue weighted by atomic mass is 10.0. The highest BCUT2D eigenvalue weighted by atomic mass is 16.1. The molecule has 2 N–H and O–H groups in total. The van der Waals surface area contributed by atoms with Crippen LogP contribution in [0.25, 0.3) is 5.69 Å². The smallest absolute Gasteiger partial charge is 0.224 e. The second-order valence-corrected chi connectivity index (χ2v) is 5.37. The summed E-state index contributed by atoms with van der Waals surface area (Å²) in [6, 6.07) is 5.73. The molecular formula is C14H18N6O. The maximum Gasteiger partial charge on any atom is 0.224 e. The van der Waals surface area contributed by atoms with Gasteiger partial charge in [0.15, 0.2) is 0 Å². The number of benzene rings is 1. The van der Waals surface area contributed by atoms with Gasteiger partial charge < -0.3 is 10.6 Å². The van der Waals surface area contributed by atoms with Crippen molar-refractivity contribution in [1.29, 1.82) is 0 Å². The Balaban J connectivity index is 1.71. The summed E-state index contributed by atoms with van der Waals surface area (Å²) in [4.78, 5) is 12.1. The van der Waals surface area contributed by atoms with Crippen LogP contribution in [0.15, 0.2) is 24.5 Å². The number of carbonyl (C=O) groups excluding carboxylic acids is 1. The molecule has 1 unspecified atom stereocenters. The summed E-state index contributed by atoms with van der Waals surface area (Å²) >= 11 is 0. The Morgan fingerprint density at radius 2 is 2.43 bits per heavy atom. The number of nitrogens with one attached hydrogen (secondary N) is 2. The Morgan fingerprint density at radius 1 is 1.52 bits per heavy atom. The number of carbonyl (C=O) groups is 1. The molecule has 0 radical (unpaired) electrons. The Kier molecular flexibility index (Phi) is 3.92. The minimum atomic E-state index is 0.0511. The highest BCUT2D eigenvalue weighted by molar-refractivity contribution is 5.91. The average Bonchev–Trinajstić information content (AvgIpc) is 3.13. The molecular weight excluding hydrogens is 268 g/mol. The van der Waals surface area contributed by atoms with Crippen molar-refractivity contribution in [3.63, 3.8) is 0 Å². The second-order valence-electron chi connectivity index (χ2n) is 5.37. The maximum absolute atomic E-state index is 12.1. The quantitative estimate of drug-likeness (QED) is 0.872. The van der Waals surface area contributed by atoms with Crippen molar-refractivity contribution >= 4 is 11.6 Å².